The maximum atomic E-state index is 11.8. The number of anilines is 1. The van der Waals surface area contributed by atoms with Crippen LogP contribution < -0.4 is 4.90 Å². The molecule has 8 nitrogen and oxygen atoms in total. The van der Waals surface area contributed by atoms with Crippen LogP contribution in [0.4, 0.5) is 11.5 Å². The summed E-state index contributed by atoms with van der Waals surface area (Å²) in [5.74, 6) is -0.376. The van der Waals surface area contributed by atoms with Gasteiger partial charge >= 0.3 is 11.7 Å². The van der Waals surface area contributed by atoms with E-state index in [4.69, 9.17) is 16.3 Å². The van der Waals surface area contributed by atoms with Crippen molar-refractivity contribution in [3.8, 4) is 0 Å². The van der Waals surface area contributed by atoms with E-state index in [-0.39, 0.29) is 16.8 Å². The Hall–Kier alpha value is -1.96. The highest BCUT2D eigenvalue weighted by Gasteiger charge is 2.34. The van der Waals surface area contributed by atoms with Crippen LogP contribution in [0.15, 0.2) is 6.20 Å². The molecule has 1 saturated heterocycles. The molecule has 0 radical (unpaired) electrons. The fourth-order valence-corrected chi connectivity index (χ4v) is 2.38. The van der Waals surface area contributed by atoms with Gasteiger partial charge in [-0.05, 0) is 30.9 Å². The van der Waals surface area contributed by atoms with Crippen LogP contribution in [0, 0.1) is 10.1 Å². The van der Waals surface area contributed by atoms with Gasteiger partial charge in [-0.1, -0.05) is 0 Å². The molecule has 0 bridgehead atoms. The molecule has 1 aromatic rings. The van der Waals surface area contributed by atoms with Gasteiger partial charge in [0.25, 0.3) is 0 Å². The number of esters is 1. The van der Waals surface area contributed by atoms with E-state index in [1.807, 2.05) is 0 Å². The Kier molecular flexibility index (Phi) is 4.33. The summed E-state index contributed by atoms with van der Waals surface area (Å²) in [5.41, 5.74) is -0.273. The molecular weight excluding hydrogens is 288 g/mol. The highest BCUT2D eigenvalue weighted by Crippen LogP contribution is 2.31. The van der Waals surface area contributed by atoms with E-state index in [0.717, 1.165) is 19.0 Å². The van der Waals surface area contributed by atoms with Crippen molar-refractivity contribution in [3.63, 3.8) is 0 Å². The van der Waals surface area contributed by atoms with Gasteiger partial charge < -0.3 is 9.64 Å². The monoisotopic (exact) mass is 300 g/mol. The van der Waals surface area contributed by atoms with Gasteiger partial charge in [0.15, 0.2) is 0 Å². The predicted molar refractivity (Wildman–Crippen MR) is 70.7 cm³/mol. The number of nitro groups is 1. The Bertz CT molecular complexity index is 539. The highest BCUT2D eigenvalue weighted by atomic mass is 35.5. The number of hydrogen-bond acceptors (Lipinski definition) is 7. The molecule has 2 heterocycles. The van der Waals surface area contributed by atoms with E-state index in [1.165, 1.54) is 7.11 Å². The minimum Gasteiger partial charge on any atom is -0.467 e. The van der Waals surface area contributed by atoms with Crippen LogP contribution >= 0.6 is 11.6 Å². The van der Waals surface area contributed by atoms with Crippen molar-refractivity contribution in [3.05, 3.63) is 21.6 Å². The average Bonchev–Trinajstić information content (AvgIpc) is 2.46. The molecule has 1 aliphatic rings. The number of piperidine rings is 1. The molecule has 20 heavy (non-hydrogen) atoms. The van der Waals surface area contributed by atoms with Gasteiger partial charge in [0.05, 0.1) is 12.0 Å². The summed E-state index contributed by atoms with van der Waals surface area (Å²) in [6.07, 6.45) is 3.27. The summed E-state index contributed by atoms with van der Waals surface area (Å²) in [6.45, 7) is 0.480. The number of hydrogen-bond donors (Lipinski definition) is 0. The molecule has 0 aliphatic carbocycles. The number of aromatic nitrogens is 2. The summed E-state index contributed by atoms with van der Waals surface area (Å²) in [7, 11) is 1.29. The molecule has 1 aliphatic heterocycles. The second kappa shape index (κ2) is 6.00. The standard InChI is InChI=1S/C11H13ClN4O4/c1-20-10(17)7-4-2-3-5-15(7)9-8(16(18)19)6-13-11(12)14-9/h6-7H,2-5H2,1H3. The van der Waals surface area contributed by atoms with Gasteiger partial charge in [0.2, 0.25) is 11.1 Å². The molecule has 1 unspecified atom stereocenters. The SMILES string of the molecule is COC(=O)C1CCCCN1c1nc(Cl)ncc1[N+](=O)[O-]. The number of ether oxygens (including phenoxy) is 1. The largest absolute Gasteiger partial charge is 0.467 e. The Balaban J connectivity index is 2.44. The van der Waals surface area contributed by atoms with Gasteiger partial charge in [-0.25, -0.2) is 9.78 Å². The number of nitrogens with zero attached hydrogens (tertiary/aromatic N) is 4. The minimum atomic E-state index is -0.589. The maximum Gasteiger partial charge on any atom is 0.329 e. The fourth-order valence-electron chi connectivity index (χ4n) is 2.25. The first-order valence-corrected chi connectivity index (χ1v) is 6.43. The average molecular weight is 301 g/mol. The number of carbonyl (C=O) groups excluding carboxylic acids is 1. The summed E-state index contributed by atoms with van der Waals surface area (Å²) >= 11 is 5.71. The summed E-state index contributed by atoms with van der Waals surface area (Å²) in [5, 5.41) is 11.0. The van der Waals surface area contributed by atoms with Crippen molar-refractivity contribution in [2.24, 2.45) is 0 Å². The first-order valence-electron chi connectivity index (χ1n) is 6.06. The lowest BCUT2D eigenvalue weighted by atomic mass is 10.0. The molecule has 1 atom stereocenters. The third-order valence-electron chi connectivity index (χ3n) is 3.17. The zero-order valence-electron chi connectivity index (χ0n) is 10.8. The minimum absolute atomic E-state index is 0.0603. The van der Waals surface area contributed by atoms with E-state index in [1.54, 1.807) is 4.90 Å². The van der Waals surface area contributed by atoms with E-state index >= 15 is 0 Å². The summed E-state index contributed by atoms with van der Waals surface area (Å²) in [6, 6.07) is -0.585. The van der Waals surface area contributed by atoms with Gasteiger partial charge in [-0.2, -0.15) is 4.98 Å². The Morgan fingerprint density at radius 3 is 3.00 bits per heavy atom. The second-order valence-corrected chi connectivity index (χ2v) is 4.67. The lowest BCUT2D eigenvalue weighted by molar-refractivity contribution is -0.384. The summed E-state index contributed by atoms with van der Waals surface area (Å²) < 4.78 is 4.75. The Morgan fingerprint density at radius 2 is 2.35 bits per heavy atom. The molecule has 0 saturated carbocycles. The lowest BCUT2D eigenvalue weighted by Gasteiger charge is -2.34. The number of halogens is 1. The van der Waals surface area contributed by atoms with Gasteiger partial charge in [-0.15, -0.1) is 0 Å². The molecule has 1 fully saturated rings. The number of rotatable bonds is 3. The van der Waals surface area contributed by atoms with Crippen molar-refractivity contribution in [2.45, 2.75) is 25.3 Å². The van der Waals surface area contributed by atoms with Gasteiger partial charge in [-0.3, -0.25) is 10.1 Å². The van der Waals surface area contributed by atoms with Crippen LogP contribution in [0.1, 0.15) is 19.3 Å². The van der Waals surface area contributed by atoms with Crippen molar-refractivity contribution in [2.75, 3.05) is 18.6 Å². The molecule has 0 amide bonds. The topological polar surface area (TPSA) is 98.5 Å². The normalized spacial score (nSPS) is 18.7. The first-order chi connectivity index (χ1) is 9.54. The van der Waals surface area contributed by atoms with Crippen molar-refractivity contribution in [1.82, 2.24) is 9.97 Å². The lowest BCUT2D eigenvalue weighted by Crippen LogP contribution is -2.46. The van der Waals surface area contributed by atoms with E-state index in [0.29, 0.717) is 13.0 Å². The van der Waals surface area contributed by atoms with Gasteiger partial charge in [0, 0.05) is 6.54 Å². The zero-order chi connectivity index (χ0) is 14.7. The second-order valence-electron chi connectivity index (χ2n) is 4.33. The van der Waals surface area contributed by atoms with Crippen molar-refractivity contribution in [1.29, 1.82) is 0 Å². The maximum absolute atomic E-state index is 11.8. The van der Waals surface area contributed by atoms with Crippen LogP contribution in [0.3, 0.4) is 0 Å². The van der Waals surface area contributed by atoms with Crippen molar-refractivity contribution < 1.29 is 14.5 Å². The van der Waals surface area contributed by atoms with E-state index in [2.05, 4.69) is 9.97 Å². The van der Waals surface area contributed by atoms with Crippen molar-refractivity contribution >= 4 is 29.1 Å². The number of carbonyl (C=O) groups is 1. The fraction of sp³-hybridized carbons (Fsp3) is 0.545. The molecule has 0 N–H and O–H groups in total. The third-order valence-corrected chi connectivity index (χ3v) is 3.35. The highest BCUT2D eigenvalue weighted by molar-refractivity contribution is 6.28. The van der Waals surface area contributed by atoms with Crippen LogP contribution in [-0.4, -0.2) is 40.6 Å². The Labute approximate surface area is 119 Å². The smallest absolute Gasteiger partial charge is 0.329 e. The predicted octanol–water partition coefficient (Wildman–Crippen LogP) is 1.57. The summed E-state index contributed by atoms with van der Waals surface area (Å²) in [4.78, 5) is 31.4. The number of methoxy groups -OCH3 is 1. The van der Waals surface area contributed by atoms with Crippen LogP contribution in [0.2, 0.25) is 5.28 Å². The van der Waals surface area contributed by atoms with Crippen LogP contribution in [0.25, 0.3) is 0 Å². The Morgan fingerprint density at radius 1 is 1.60 bits per heavy atom. The van der Waals surface area contributed by atoms with Crippen LogP contribution in [0.5, 0.6) is 0 Å². The molecule has 2 rings (SSSR count). The molecule has 0 spiro atoms. The third kappa shape index (κ3) is 2.79. The molecule has 0 aromatic carbocycles. The van der Waals surface area contributed by atoms with E-state index in [9.17, 15) is 14.9 Å². The quantitative estimate of drug-likeness (QED) is 0.361. The van der Waals surface area contributed by atoms with Gasteiger partial charge in [0.1, 0.15) is 12.2 Å². The molecule has 108 valence electrons. The van der Waals surface area contributed by atoms with E-state index < -0.39 is 16.9 Å². The molecule has 9 heteroatoms. The molecular formula is C11H13ClN4O4. The first kappa shape index (κ1) is 14.4. The van der Waals surface area contributed by atoms with Crippen LogP contribution in [-0.2, 0) is 9.53 Å². The molecule has 1 aromatic heterocycles. The zero-order valence-corrected chi connectivity index (χ0v) is 11.5.